The minimum atomic E-state index is -1.06. The lowest BCUT2D eigenvalue weighted by atomic mass is 9.77. The average Bonchev–Trinajstić information content (AvgIpc) is 3.36. The smallest absolute Gasteiger partial charge is 0.188 e. The van der Waals surface area contributed by atoms with Crippen molar-refractivity contribution < 1.29 is 4.39 Å². The third-order valence-electron chi connectivity index (χ3n) is 6.40. The Morgan fingerprint density at radius 2 is 1.92 bits per heavy atom. The molecule has 5 rings (SSSR count). The summed E-state index contributed by atoms with van der Waals surface area (Å²) in [6.45, 7) is 9.91. The van der Waals surface area contributed by atoms with E-state index >= 15 is 4.39 Å². The Morgan fingerprint density at radius 3 is 2.61 bits per heavy atom. The molecule has 5 heterocycles. The van der Waals surface area contributed by atoms with Crippen molar-refractivity contribution >= 4 is 57.3 Å². The van der Waals surface area contributed by atoms with Crippen LogP contribution in [0, 0.1) is 18.3 Å². The lowest BCUT2D eigenvalue weighted by Crippen LogP contribution is -2.68. The van der Waals surface area contributed by atoms with E-state index in [1.54, 1.807) is 12.3 Å². The van der Waals surface area contributed by atoms with E-state index in [0.717, 1.165) is 16.1 Å². The summed E-state index contributed by atoms with van der Waals surface area (Å²) in [7, 11) is 1.90. The van der Waals surface area contributed by atoms with E-state index in [4.69, 9.17) is 9.97 Å². The molecule has 0 spiro atoms. The number of nitriles is 1. The number of hydrogen-bond donors (Lipinski definition) is 1. The number of nitrogens with zero attached hydrogens (tertiary/aromatic N) is 7. The number of aromatic nitrogens is 5. The standard InChI is InChI=1S/C24H27FN8S.2ClH/c1-13-11-33-12-15(7-14(9-26)20(33)28-13)19-27-10-16-21(30-19)34-22(29-16)32(6)17-8-23(2,3)31-24(4,5)18(17)25;;/h7,10-12,17-18,31H,8H2,1-6H3;2*1H/t17-,18-;;/m1../s1. The molecule has 192 valence electrons. The molecule has 4 aromatic rings. The van der Waals surface area contributed by atoms with E-state index in [-0.39, 0.29) is 36.4 Å². The number of piperidine rings is 1. The maximum Gasteiger partial charge on any atom is 0.188 e. The first-order valence-corrected chi connectivity index (χ1v) is 12.0. The molecule has 8 nitrogen and oxygen atoms in total. The number of pyridine rings is 1. The Balaban J connectivity index is 0.00000180. The number of nitrogens with one attached hydrogen (secondary N) is 1. The van der Waals surface area contributed by atoms with Gasteiger partial charge in [-0.25, -0.2) is 24.3 Å². The van der Waals surface area contributed by atoms with Gasteiger partial charge in [0.05, 0.1) is 23.5 Å². The topological polar surface area (TPSA) is 95.0 Å². The van der Waals surface area contributed by atoms with Crippen molar-refractivity contribution in [2.24, 2.45) is 0 Å². The molecule has 0 aromatic carbocycles. The van der Waals surface area contributed by atoms with Crippen molar-refractivity contribution in [3.05, 3.63) is 35.9 Å². The third-order valence-corrected chi connectivity index (χ3v) is 7.45. The van der Waals surface area contributed by atoms with Crippen molar-refractivity contribution in [1.29, 1.82) is 5.26 Å². The fourth-order valence-electron chi connectivity index (χ4n) is 5.01. The van der Waals surface area contributed by atoms with E-state index in [2.05, 4.69) is 35.2 Å². The Morgan fingerprint density at radius 1 is 1.19 bits per heavy atom. The van der Waals surface area contributed by atoms with Gasteiger partial charge in [-0.05, 0) is 47.1 Å². The van der Waals surface area contributed by atoms with Crippen LogP contribution in [0.15, 0.2) is 24.7 Å². The second-order valence-corrected chi connectivity index (χ2v) is 11.2. The Hall–Kier alpha value is -2.58. The molecule has 1 aliphatic rings. The maximum absolute atomic E-state index is 15.5. The molecule has 1 N–H and O–H groups in total. The fourth-order valence-corrected chi connectivity index (χ4v) is 5.95. The van der Waals surface area contributed by atoms with E-state index < -0.39 is 11.7 Å². The van der Waals surface area contributed by atoms with Crippen molar-refractivity contribution in [2.45, 2.75) is 64.3 Å². The molecule has 0 aliphatic carbocycles. The van der Waals surface area contributed by atoms with Gasteiger partial charge in [0.15, 0.2) is 16.6 Å². The van der Waals surface area contributed by atoms with Crippen LogP contribution < -0.4 is 10.2 Å². The highest BCUT2D eigenvalue weighted by atomic mass is 35.5. The number of halogens is 3. The Labute approximate surface area is 225 Å². The molecule has 1 aliphatic heterocycles. The van der Waals surface area contributed by atoms with Gasteiger partial charge in [-0.1, -0.05) is 11.3 Å². The van der Waals surface area contributed by atoms with Crippen LogP contribution in [-0.4, -0.2) is 54.7 Å². The van der Waals surface area contributed by atoms with Gasteiger partial charge in [0.25, 0.3) is 0 Å². The monoisotopic (exact) mass is 550 g/mol. The zero-order valence-corrected chi connectivity index (χ0v) is 23.4. The van der Waals surface area contributed by atoms with Crippen LogP contribution in [0.4, 0.5) is 9.52 Å². The van der Waals surface area contributed by atoms with Gasteiger partial charge in [0.1, 0.15) is 22.6 Å². The van der Waals surface area contributed by atoms with E-state index in [1.165, 1.54) is 11.3 Å². The van der Waals surface area contributed by atoms with E-state index in [1.807, 2.05) is 49.5 Å². The molecular weight excluding hydrogens is 522 g/mol. The summed E-state index contributed by atoms with van der Waals surface area (Å²) in [6, 6.07) is 3.65. The summed E-state index contributed by atoms with van der Waals surface area (Å²) in [5.74, 6) is 0.502. The number of alkyl halides is 1. The lowest BCUT2D eigenvalue weighted by Gasteiger charge is -2.51. The molecular formula is C24H29Cl2FN8S. The second kappa shape index (κ2) is 9.71. The molecule has 12 heteroatoms. The Kier molecular flexibility index (Phi) is 7.55. The first kappa shape index (κ1) is 28.0. The van der Waals surface area contributed by atoms with Crippen LogP contribution >= 0.6 is 36.2 Å². The molecule has 0 amide bonds. The van der Waals surface area contributed by atoms with Crippen molar-refractivity contribution in [3.63, 3.8) is 0 Å². The summed E-state index contributed by atoms with van der Waals surface area (Å²) in [6.07, 6.45) is 5.02. The van der Waals surface area contributed by atoms with Crippen LogP contribution in [0.5, 0.6) is 0 Å². The number of thiazole rings is 1. The molecule has 2 atom stereocenters. The minimum absolute atomic E-state index is 0. The number of rotatable bonds is 3. The first-order chi connectivity index (χ1) is 16.0. The Bertz CT molecular complexity index is 1460. The number of imidazole rings is 1. The maximum atomic E-state index is 15.5. The second-order valence-electron chi connectivity index (χ2n) is 10.3. The minimum Gasteiger partial charge on any atom is -0.345 e. The highest BCUT2D eigenvalue weighted by molar-refractivity contribution is 7.21. The number of fused-ring (bicyclic) bond motifs is 2. The molecule has 4 aromatic heterocycles. The molecule has 0 radical (unpaired) electrons. The molecule has 0 unspecified atom stereocenters. The quantitative estimate of drug-likeness (QED) is 0.378. The van der Waals surface area contributed by atoms with Crippen molar-refractivity contribution in [3.8, 4) is 17.5 Å². The largest absolute Gasteiger partial charge is 0.345 e. The molecule has 0 bridgehead atoms. The van der Waals surface area contributed by atoms with Crippen LogP contribution in [0.3, 0.4) is 0 Å². The predicted octanol–water partition coefficient (Wildman–Crippen LogP) is 5.12. The normalized spacial score (nSPS) is 20.4. The number of hydrogen-bond acceptors (Lipinski definition) is 8. The van der Waals surface area contributed by atoms with Gasteiger partial charge in [0.2, 0.25) is 0 Å². The summed E-state index contributed by atoms with van der Waals surface area (Å²) < 4.78 is 17.3. The van der Waals surface area contributed by atoms with Gasteiger partial charge in [-0.3, -0.25) is 0 Å². The number of aryl methyl sites for hydroxylation is 1. The zero-order chi connectivity index (χ0) is 24.4. The molecule has 1 saturated heterocycles. The summed E-state index contributed by atoms with van der Waals surface area (Å²) in [5, 5.41) is 13.7. The summed E-state index contributed by atoms with van der Waals surface area (Å²) >= 11 is 1.42. The molecule has 1 fully saturated rings. The lowest BCUT2D eigenvalue weighted by molar-refractivity contribution is 0.0568. The van der Waals surface area contributed by atoms with E-state index in [0.29, 0.717) is 34.1 Å². The van der Waals surface area contributed by atoms with Gasteiger partial charge in [-0.2, -0.15) is 5.26 Å². The highest BCUT2D eigenvalue weighted by Crippen LogP contribution is 2.37. The SMILES string of the molecule is Cc1cn2cc(-c3ncc4nc(N(C)[C@@H]5CC(C)(C)NC(C)(C)[C@@H]5F)sc4n3)cc(C#N)c2n1.Cl.Cl. The van der Waals surface area contributed by atoms with Crippen LogP contribution in [0.2, 0.25) is 0 Å². The first-order valence-electron chi connectivity index (χ1n) is 11.2. The molecule has 0 saturated carbocycles. The number of anilines is 1. The van der Waals surface area contributed by atoms with Gasteiger partial charge in [0, 0.05) is 36.1 Å². The van der Waals surface area contributed by atoms with E-state index in [9.17, 15) is 5.26 Å². The van der Waals surface area contributed by atoms with Crippen molar-refractivity contribution in [1.82, 2.24) is 29.7 Å². The van der Waals surface area contributed by atoms with Crippen LogP contribution in [0.25, 0.3) is 27.4 Å². The van der Waals surface area contributed by atoms with Crippen molar-refractivity contribution in [2.75, 3.05) is 11.9 Å². The van der Waals surface area contributed by atoms with Crippen LogP contribution in [-0.2, 0) is 0 Å². The summed E-state index contributed by atoms with van der Waals surface area (Å²) in [4.78, 5) is 21.0. The van der Waals surface area contributed by atoms with Crippen LogP contribution in [0.1, 0.15) is 45.4 Å². The average molecular weight is 552 g/mol. The fraction of sp³-hybridized carbons (Fsp3) is 0.458. The highest BCUT2D eigenvalue weighted by Gasteiger charge is 2.48. The molecule has 36 heavy (non-hydrogen) atoms. The van der Waals surface area contributed by atoms with Gasteiger partial charge >= 0.3 is 0 Å². The predicted molar refractivity (Wildman–Crippen MR) is 146 cm³/mol. The zero-order valence-electron chi connectivity index (χ0n) is 20.9. The third kappa shape index (κ3) is 4.85. The summed E-state index contributed by atoms with van der Waals surface area (Å²) in [5.41, 5.74) is 2.44. The van der Waals surface area contributed by atoms with Gasteiger partial charge in [-0.15, -0.1) is 24.8 Å². The van der Waals surface area contributed by atoms with Gasteiger partial charge < -0.3 is 14.6 Å².